The molecule has 0 atom stereocenters. The minimum Gasteiger partial charge on any atom is -0.490 e. The lowest BCUT2D eigenvalue weighted by Crippen LogP contribution is -2.44. The number of carbonyl (C=O) groups excluding carboxylic acids is 1. The van der Waals surface area contributed by atoms with Crippen molar-refractivity contribution in [2.75, 3.05) is 39.6 Å². The van der Waals surface area contributed by atoms with E-state index >= 15 is 0 Å². The maximum atomic E-state index is 13.2. The third kappa shape index (κ3) is 6.33. The summed E-state index contributed by atoms with van der Waals surface area (Å²) in [6, 6.07) is 13.8. The molecule has 0 aromatic heterocycles. The number of amides is 1. The summed E-state index contributed by atoms with van der Waals surface area (Å²) in [7, 11) is 0. The van der Waals surface area contributed by atoms with Crippen LogP contribution in [0.3, 0.4) is 0 Å². The van der Waals surface area contributed by atoms with E-state index in [0.29, 0.717) is 62.4 Å². The summed E-state index contributed by atoms with van der Waals surface area (Å²) in [4.78, 5) is 14.4. The first kappa shape index (κ1) is 24.3. The Bertz CT molecular complexity index is 841. The van der Waals surface area contributed by atoms with Crippen LogP contribution in [0.2, 0.25) is 0 Å². The van der Waals surface area contributed by atoms with Gasteiger partial charge in [0.15, 0.2) is 11.5 Å². The summed E-state index contributed by atoms with van der Waals surface area (Å²) in [5.41, 5.74) is 0.493. The SMILES string of the molecule is CCOc1cc(C(=O)NCC2(Sc3ccccc3)CCOCC2)cc(OCC)c1OCC. The molecule has 2 aromatic rings. The molecule has 0 spiro atoms. The number of nitrogens with one attached hydrogen (secondary N) is 1. The zero-order valence-corrected chi connectivity index (χ0v) is 20.0. The topological polar surface area (TPSA) is 66.0 Å². The molecule has 0 saturated carbocycles. The Hall–Kier alpha value is -2.38. The molecular formula is C25H33NO5S. The molecule has 0 bridgehead atoms. The van der Waals surface area contributed by atoms with E-state index in [0.717, 1.165) is 12.8 Å². The van der Waals surface area contributed by atoms with Gasteiger partial charge in [-0.25, -0.2) is 0 Å². The molecule has 0 radical (unpaired) electrons. The van der Waals surface area contributed by atoms with Crippen LogP contribution in [-0.4, -0.2) is 50.2 Å². The number of hydrogen-bond acceptors (Lipinski definition) is 6. The van der Waals surface area contributed by atoms with E-state index in [-0.39, 0.29) is 10.7 Å². The zero-order chi connectivity index (χ0) is 22.8. The van der Waals surface area contributed by atoms with Crippen LogP contribution in [0.4, 0.5) is 0 Å². The van der Waals surface area contributed by atoms with Crippen molar-refractivity contribution in [1.29, 1.82) is 0 Å². The van der Waals surface area contributed by atoms with Crippen molar-refractivity contribution >= 4 is 17.7 Å². The predicted molar refractivity (Wildman–Crippen MR) is 127 cm³/mol. The van der Waals surface area contributed by atoms with Crippen LogP contribution in [0, 0.1) is 0 Å². The maximum absolute atomic E-state index is 13.2. The molecule has 1 amide bonds. The first-order chi connectivity index (χ1) is 15.6. The van der Waals surface area contributed by atoms with E-state index < -0.39 is 0 Å². The maximum Gasteiger partial charge on any atom is 0.251 e. The number of carbonyl (C=O) groups is 1. The van der Waals surface area contributed by atoms with Gasteiger partial charge in [0.25, 0.3) is 5.91 Å². The lowest BCUT2D eigenvalue weighted by atomic mass is 9.98. The van der Waals surface area contributed by atoms with Gasteiger partial charge in [-0.2, -0.15) is 0 Å². The molecule has 1 saturated heterocycles. The Morgan fingerprint density at radius 1 is 0.969 bits per heavy atom. The summed E-state index contributed by atoms with van der Waals surface area (Å²) in [5, 5.41) is 3.15. The van der Waals surface area contributed by atoms with Gasteiger partial charge in [-0.05, 0) is 57.9 Å². The molecule has 1 aliphatic heterocycles. The summed E-state index contributed by atoms with van der Waals surface area (Å²) in [5.74, 6) is 1.41. The molecule has 3 rings (SSSR count). The highest BCUT2D eigenvalue weighted by Crippen LogP contribution is 2.41. The Morgan fingerprint density at radius 3 is 2.12 bits per heavy atom. The fraction of sp³-hybridized carbons (Fsp3) is 0.480. The Balaban J connectivity index is 1.79. The Kier molecular flexibility index (Phi) is 9.11. The second kappa shape index (κ2) is 12.0. The second-order valence-corrected chi connectivity index (χ2v) is 9.04. The molecule has 0 aliphatic carbocycles. The minimum atomic E-state index is -0.158. The number of hydrogen-bond donors (Lipinski definition) is 1. The molecular weight excluding hydrogens is 426 g/mol. The molecule has 32 heavy (non-hydrogen) atoms. The standard InChI is InChI=1S/C25H33NO5S/c1-4-29-21-16-19(17-22(30-5-2)23(21)31-6-3)24(27)26-18-25(12-14-28-15-13-25)32-20-10-8-7-9-11-20/h7-11,16-17H,4-6,12-15,18H2,1-3H3,(H,26,27). The van der Waals surface area contributed by atoms with E-state index in [2.05, 4.69) is 17.4 Å². The normalized spacial score (nSPS) is 15.1. The lowest BCUT2D eigenvalue weighted by Gasteiger charge is -2.36. The number of thioether (sulfide) groups is 1. The molecule has 174 valence electrons. The third-order valence-electron chi connectivity index (χ3n) is 5.22. The van der Waals surface area contributed by atoms with E-state index in [1.807, 2.05) is 50.7 Å². The number of benzene rings is 2. The monoisotopic (exact) mass is 459 g/mol. The number of rotatable bonds is 11. The molecule has 7 heteroatoms. The molecule has 2 aromatic carbocycles. The van der Waals surface area contributed by atoms with Gasteiger partial charge in [-0.1, -0.05) is 18.2 Å². The third-order valence-corrected chi connectivity index (χ3v) is 6.72. The van der Waals surface area contributed by atoms with Crippen molar-refractivity contribution in [3.05, 3.63) is 48.0 Å². The zero-order valence-electron chi connectivity index (χ0n) is 19.1. The van der Waals surface area contributed by atoms with Gasteiger partial charge in [-0.15, -0.1) is 11.8 Å². The van der Waals surface area contributed by atoms with E-state index in [1.54, 1.807) is 12.1 Å². The summed E-state index contributed by atoms with van der Waals surface area (Å²) in [6.07, 6.45) is 1.76. The van der Waals surface area contributed by atoms with Gasteiger partial charge in [0.05, 0.1) is 19.8 Å². The fourth-order valence-electron chi connectivity index (χ4n) is 3.66. The van der Waals surface area contributed by atoms with Crippen molar-refractivity contribution in [3.63, 3.8) is 0 Å². The average molecular weight is 460 g/mol. The van der Waals surface area contributed by atoms with Crippen LogP contribution in [0.5, 0.6) is 17.2 Å². The molecule has 1 fully saturated rings. The van der Waals surface area contributed by atoms with Crippen molar-refractivity contribution in [1.82, 2.24) is 5.32 Å². The molecule has 1 aliphatic rings. The first-order valence-electron chi connectivity index (χ1n) is 11.3. The Labute approximate surface area is 195 Å². The quantitative estimate of drug-likeness (QED) is 0.513. The highest BCUT2D eigenvalue weighted by atomic mass is 32.2. The second-order valence-electron chi connectivity index (χ2n) is 7.49. The summed E-state index contributed by atoms with van der Waals surface area (Å²) in [6.45, 7) is 9.06. The van der Waals surface area contributed by atoms with Crippen molar-refractivity contribution < 1.29 is 23.7 Å². The van der Waals surface area contributed by atoms with Crippen LogP contribution in [0.15, 0.2) is 47.4 Å². The van der Waals surface area contributed by atoms with Crippen molar-refractivity contribution in [2.24, 2.45) is 0 Å². The molecule has 0 unspecified atom stereocenters. The van der Waals surface area contributed by atoms with Gasteiger partial charge in [0.2, 0.25) is 5.75 Å². The van der Waals surface area contributed by atoms with Gasteiger partial charge < -0.3 is 24.3 Å². The summed E-state index contributed by atoms with van der Waals surface area (Å²) >= 11 is 1.82. The van der Waals surface area contributed by atoms with Gasteiger partial charge in [-0.3, -0.25) is 4.79 Å². The molecule has 1 N–H and O–H groups in total. The van der Waals surface area contributed by atoms with Gasteiger partial charge >= 0.3 is 0 Å². The van der Waals surface area contributed by atoms with Crippen molar-refractivity contribution in [3.8, 4) is 17.2 Å². The lowest BCUT2D eigenvalue weighted by molar-refractivity contribution is 0.0741. The smallest absolute Gasteiger partial charge is 0.251 e. The van der Waals surface area contributed by atoms with Gasteiger partial charge in [0, 0.05) is 35.0 Å². The largest absolute Gasteiger partial charge is 0.490 e. The van der Waals surface area contributed by atoms with Gasteiger partial charge in [0.1, 0.15) is 0 Å². The fourth-order valence-corrected chi connectivity index (χ4v) is 4.97. The number of ether oxygens (including phenoxy) is 4. The van der Waals surface area contributed by atoms with Crippen LogP contribution >= 0.6 is 11.8 Å². The van der Waals surface area contributed by atoms with E-state index in [9.17, 15) is 4.79 Å². The minimum absolute atomic E-state index is 0.105. The van der Waals surface area contributed by atoms with Crippen LogP contribution in [-0.2, 0) is 4.74 Å². The van der Waals surface area contributed by atoms with E-state index in [1.165, 1.54) is 4.90 Å². The van der Waals surface area contributed by atoms with Crippen LogP contribution in [0.1, 0.15) is 44.0 Å². The highest BCUT2D eigenvalue weighted by Gasteiger charge is 2.34. The molecule has 1 heterocycles. The highest BCUT2D eigenvalue weighted by molar-refractivity contribution is 8.00. The predicted octanol–water partition coefficient (Wildman–Crippen LogP) is 4.95. The summed E-state index contributed by atoms with van der Waals surface area (Å²) < 4.78 is 22.8. The van der Waals surface area contributed by atoms with E-state index in [4.69, 9.17) is 18.9 Å². The average Bonchev–Trinajstić information content (AvgIpc) is 2.81. The van der Waals surface area contributed by atoms with Crippen LogP contribution in [0.25, 0.3) is 0 Å². The molecule has 6 nitrogen and oxygen atoms in total. The van der Waals surface area contributed by atoms with Crippen molar-refractivity contribution in [2.45, 2.75) is 43.3 Å². The first-order valence-corrected chi connectivity index (χ1v) is 12.1. The van der Waals surface area contributed by atoms with Crippen LogP contribution < -0.4 is 19.5 Å². The Morgan fingerprint density at radius 2 is 1.56 bits per heavy atom.